The molecule has 0 aromatic heterocycles. The number of allylic oxidation sites excluding steroid dienone is 7. The Hall–Kier alpha value is -2.15. The minimum absolute atomic E-state index is 0.772. The summed E-state index contributed by atoms with van der Waals surface area (Å²) < 4.78 is 0. The topological polar surface area (TPSA) is 15.3 Å². The fourth-order valence-corrected chi connectivity index (χ4v) is 3.11. The summed E-state index contributed by atoms with van der Waals surface area (Å²) in [6.07, 6.45) is 12.8. The minimum Gasteiger partial charge on any atom is -0.388 e. The van der Waals surface area contributed by atoms with Gasteiger partial charge in [0.15, 0.2) is 0 Å². The molecule has 1 aromatic rings. The van der Waals surface area contributed by atoms with Gasteiger partial charge >= 0.3 is 0 Å². The van der Waals surface area contributed by atoms with E-state index in [0.29, 0.717) is 0 Å². The van der Waals surface area contributed by atoms with Crippen LogP contribution in [0.4, 0.5) is 5.69 Å². The largest absolute Gasteiger partial charge is 0.388 e. The number of nitrogens with zero attached hydrogens (tertiary/aromatic N) is 1. The second-order valence-electron chi connectivity index (χ2n) is 7.57. The summed E-state index contributed by atoms with van der Waals surface area (Å²) in [6.45, 7) is 30.4. The minimum atomic E-state index is 0.772. The Bertz CT molecular complexity index is 770. The SMILES string of the molecule is C=C(C)/C(=C\C=C/C)CC.C=CP/C=C/CN(C)CC.CC.CC.CC/C=C(\C)c1ccccc1NC. The van der Waals surface area contributed by atoms with Crippen molar-refractivity contribution in [2.75, 3.05) is 32.5 Å². The standard InChI is InChI=1S/C12H17N.C10H16.C8H16NP.2C2H6/c1-4-7-10(2)11-8-5-6-9-12(11)13-3;1-5-7-8-10(6-2)9(3)4;1-4-9(3)7-6-8-10-5-2;2*1-2/h5-9,13H,4H2,1-3H3;5,7-8H,3,6H2,1-2,4H3;5-6,8,10H,2,4,7H2,1,3H3;2*1-2H3/b10-7+;7-5-,10-8-;8-6+;;. The maximum Gasteiger partial charge on any atom is 0.0413 e. The number of hydrogen-bond acceptors (Lipinski definition) is 2. The van der Waals surface area contributed by atoms with Crippen LogP contribution in [-0.4, -0.2) is 32.1 Å². The molecular weight excluding hydrogens is 467 g/mol. The van der Waals surface area contributed by atoms with Gasteiger partial charge in [0, 0.05) is 24.8 Å². The number of benzene rings is 1. The van der Waals surface area contributed by atoms with Crippen molar-refractivity contribution in [1.29, 1.82) is 0 Å². The lowest BCUT2D eigenvalue weighted by molar-refractivity contribution is 0.392. The van der Waals surface area contributed by atoms with Crippen molar-refractivity contribution < 1.29 is 0 Å². The van der Waals surface area contributed by atoms with E-state index in [0.717, 1.165) is 34.5 Å². The molecule has 0 heterocycles. The van der Waals surface area contributed by atoms with E-state index in [9.17, 15) is 0 Å². The van der Waals surface area contributed by atoms with Gasteiger partial charge < -0.3 is 10.2 Å². The van der Waals surface area contributed by atoms with Crippen molar-refractivity contribution in [1.82, 2.24) is 4.90 Å². The average molecular weight is 529 g/mol. The van der Waals surface area contributed by atoms with Crippen molar-refractivity contribution in [2.45, 2.75) is 82.1 Å². The van der Waals surface area contributed by atoms with E-state index >= 15 is 0 Å². The van der Waals surface area contributed by atoms with Gasteiger partial charge in [-0.2, -0.15) is 0 Å². The molecule has 1 atom stereocenters. The van der Waals surface area contributed by atoms with Crippen LogP contribution < -0.4 is 5.32 Å². The zero-order valence-corrected chi connectivity index (χ0v) is 27.5. The molecule has 3 heteroatoms. The van der Waals surface area contributed by atoms with Gasteiger partial charge in [0.1, 0.15) is 0 Å². The summed E-state index contributed by atoms with van der Waals surface area (Å²) in [5, 5.41) is 3.19. The van der Waals surface area contributed by atoms with Crippen molar-refractivity contribution in [3.05, 3.63) is 96.1 Å². The summed E-state index contributed by atoms with van der Waals surface area (Å²) in [5.74, 6) is 4.10. The van der Waals surface area contributed by atoms with Crippen LogP contribution in [0.3, 0.4) is 0 Å². The summed E-state index contributed by atoms with van der Waals surface area (Å²) in [6, 6.07) is 8.37. The van der Waals surface area contributed by atoms with Gasteiger partial charge in [-0.1, -0.05) is 136 Å². The Kier molecular flexibility index (Phi) is 38.4. The molecular formula is C34H61N2P. The molecule has 212 valence electrons. The average Bonchev–Trinajstić information content (AvgIpc) is 2.94. The number of rotatable bonds is 11. The van der Waals surface area contributed by atoms with E-state index in [4.69, 9.17) is 0 Å². The number of para-hydroxylation sites is 1. The molecule has 0 aliphatic rings. The van der Waals surface area contributed by atoms with Gasteiger partial charge in [-0.05, 0) is 64.4 Å². The number of nitrogens with one attached hydrogen (secondary N) is 1. The third-order valence-electron chi connectivity index (χ3n) is 4.84. The smallest absolute Gasteiger partial charge is 0.0413 e. The van der Waals surface area contributed by atoms with E-state index in [1.165, 1.54) is 28.0 Å². The van der Waals surface area contributed by atoms with Gasteiger partial charge in [-0.25, -0.2) is 0 Å². The molecule has 1 aromatic carbocycles. The van der Waals surface area contributed by atoms with E-state index < -0.39 is 0 Å². The second kappa shape index (κ2) is 33.8. The first kappa shape index (κ1) is 42.0. The third-order valence-corrected chi connectivity index (χ3v) is 5.50. The highest BCUT2D eigenvalue weighted by molar-refractivity contribution is 7.45. The first-order chi connectivity index (χ1) is 17.8. The summed E-state index contributed by atoms with van der Waals surface area (Å²) in [7, 11) is 4.84. The van der Waals surface area contributed by atoms with Crippen molar-refractivity contribution in [3.63, 3.8) is 0 Å². The van der Waals surface area contributed by atoms with Crippen molar-refractivity contribution >= 4 is 19.8 Å². The molecule has 0 aliphatic carbocycles. The van der Waals surface area contributed by atoms with Crippen LogP contribution >= 0.6 is 8.58 Å². The van der Waals surface area contributed by atoms with Crippen LogP contribution in [0.5, 0.6) is 0 Å². The van der Waals surface area contributed by atoms with Gasteiger partial charge in [-0.15, -0.1) is 0 Å². The molecule has 0 bridgehead atoms. The summed E-state index contributed by atoms with van der Waals surface area (Å²) in [4.78, 5) is 2.25. The Labute approximate surface area is 235 Å². The summed E-state index contributed by atoms with van der Waals surface area (Å²) >= 11 is 0. The molecule has 0 fully saturated rings. The molecule has 0 aliphatic heterocycles. The van der Waals surface area contributed by atoms with E-state index in [1.54, 1.807) is 0 Å². The van der Waals surface area contributed by atoms with Crippen LogP contribution in [0.25, 0.3) is 5.57 Å². The van der Waals surface area contributed by atoms with E-state index in [1.807, 2.05) is 66.6 Å². The fourth-order valence-electron chi connectivity index (χ4n) is 2.73. The monoisotopic (exact) mass is 528 g/mol. The maximum atomic E-state index is 3.88. The van der Waals surface area contributed by atoms with E-state index in [-0.39, 0.29) is 0 Å². The molecule has 1 unspecified atom stereocenters. The lowest BCUT2D eigenvalue weighted by Gasteiger charge is -2.08. The molecule has 0 radical (unpaired) electrons. The van der Waals surface area contributed by atoms with Crippen LogP contribution in [-0.2, 0) is 0 Å². The first-order valence-electron chi connectivity index (χ1n) is 13.9. The molecule has 1 rings (SSSR count). The first-order valence-corrected chi connectivity index (χ1v) is 15.1. The van der Waals surface area contributed by atoms with Crippen LogP contribution in [0.2, 0.25) is 0 Å². The highest BCUT2D eigenvalue weighted by Crippen LogP contribution is 2.22. The third kappa shape index (κ3) is 26.7. The van der Waals surface area contributed by atoms with Crippen LogP contribution in [0.15, 0.2) is 90.6 Å². The molecule has 0 saturated heterocycles. The molecule has 1 N–H and O–H groups in total. The van der Waals surface area contributed by atoms with Gasteiger partial charge in [0.2, 0.25) is 0 Å². The van der Waals surface area contributed by atoms with Gasteiger partial charge in [-0.3, -0.25) is 0 Å². The number of anilines is 1. The lowest BCUT2D eigenvalue weighted by Crippen LogP contribution is -2.16. The predicted octanol–water partition coefficient (Wildman–Crippen LogP) is 11.3. The molecule has 0 spiro atoms. The van der Waals surface area contributed by atoms with E-state index in [2.05, 4.69) is 106 Å². The second-order valence-corrected chi connectivity index (χ2v) is 8.65. The molecule has 37 heavy (non-hydrogen) atoms. The molecule has 0 saturated carbocycles. The van der Waals surface area contributed by atoms with Gasteiger partial charge in [0.25, 0.3) is 0 Å². The van der Waals surface area contributed by atoms with Gasteiger partial charge in [0.05, 0.1) is 0 Å². The number of hydrogen-bond donors (Lipinski definition) is 1. The van der Waals surface area contributed by atoms with Crippen LogP contribution in [0.1, 0.15) is 87.6 Å². The van der Waals surface area contributed by atoms with Crippen molar-refractivity contribution in [3.8, 4) is 0 Å². The zero-order chi connectivity index (χ0) is 29.5. The zero-order valence-electron chi connectivity index (χ0n) is 26.5. The molecule has 0 amide bonds. The normalized spacial score (nSPS) is 11.1. The Morgan fingerprint density at radius 3 is 2.08 bits per heavy atom. The molecule has 2 nitrogen and oxygen atoms in total. The maximum absolute atomic E-state index is 3.88. The Balaban J connectivity index is -0.000000209. The highest BCUT2D eigenvalue weighted by Gasteiger charge is 1.99. The summed E-state index contributed by atoms with van der Waals surface area (Å²) in [5.41, 5.74) is 6.34. The lowest BCUT2D eigenvalue weighted by atomic mass is 10.0. The predicted molar refractivity (Wildman–Crippen MR) is 181 cm³/mol. The highest BCUT2D eigenvalue weighted by atomic mass is 31.1. The quantitative estimate of drug-likeness (QED) is 0.227. The van der Waals surface area contributed by atoms with Crippen LogP contribution in [0, 0.1) is 0 Å². The Morgan fingerprint density at radius 2 is 1.65 bits per heavy atom. The van der Waals surface area contributed by atoms with Crippen molar-refractivity contribution in [2.24, 2.45) is 0 Å². The number of likely N-dealkylation sites (N-methyl/N-ethyl adjacent to an activating group) is 1. The fraction of sp³-hybridized carbons (Fsp3) is 0.471. The Morgan fingerprint density at radius 1 is 1.05 bits per heavy atom.